The molecule has 0 bridgehead atoms. The summed E-state index contributed by atoms with van der Waals surface area (Å²) in [5.41, 5.74) is 1.01. The molecule has 0 saturated heterocycles. The zero-order valence-corrected chi connectivity index (χ0v) is 9.44. The van der Waals surface area contributed by atoms with Crippen molar-refractivity contribution in [3.05, 3.63) is 25.3 Å². The van der Waals surface area contributed by atoms with Gasteiger partial charge in [-0.05, 0) is 30.8 Å². The Morgan fingerprint density at radius 2 is 1.54 bits per heavy atom. The van der Waals surface area contributed by atoms with Gasteiger partial charge >= 0.3 is 0 Å². The van der Waals surface area contributed by atoms with Gasteiger partial charge in [-0.15, -0.1) is 13.2 Å². The Morgan fingerprint density at radius 3 is 2.00 bits per heavy atom. The summed E-state index contributed by atoms with van der Waals surface area (Å²) in [7, 11) is 0.185. The molecule has 0 radical (unpaired) electrons. The second kappa shape index (κ2) is 6.38. The van der Waals surface area contributed by atoms with Crippen LogP contribution in [0.1, 0.15) is 32.1 Å². The largest absolute Gasteiger partial charge is 0.103 e. The Bertz CT molecular complexity index is 147. The average molecular weight is 196 g/mol. The summed E-state index contributed by atoms with van der Waals surface area (Å²) in [6.07, 6.45) is 14.0. The highest BCUT2D eigenvalue weighted by molar-refractivity contribution is 7.58. The van der Waals surface area contributed by atoms with Gasteiger partial charge < -0.3 is 0 Å². The molecule has 1 aliphatic rings. The van der Waals surface area contributed by atoms with E-state index in [2.05, 4.69) is 25.3 Å². The molecule has 0 aromatic carbocycles. The third-order valence-electron chi connectivity index (χ3n) is 2.82. The molecular weight excluding hydrogens is 175 g/mol. The Kier molecular flexibility index (Phi) is 5.39. The van der Waals surface area contributed by atoms with Crippen molar-refractivity contribution in [2.24, 2.45) is 0 Å². The third-order valence-corrected chi connectivity index (χ3v) is 5.82. The molecule has 0 unspecified atom stereocenters. The van der Waals surface area contributed by atoms with Crippen molar-refractivity contribution in [2.75, 3.05) is 12.3 Å². The van der Waals surface area contributed by atoms with Crippen LogP contribution in [0.2, 0.25) is 0 Å². The standard InChI is InChI=1S/C12H21P/c1-3-10-13(11-4-2)12-8-6-5-7-9-12/h3-4,12H,1-2,5-11H2. The van der Waals surface area contributed by atoms with Crippen molar-refractivity contribution < 1.29 is 0 Å². The maximum Gasteiger partial charge on any atom is -0.0142 e. The van der Waals surface area contributed by atoms with E-state index in [1.807, 2.05) is 0 Å². The second-order valence-electron chi connectivity index (χ2n) is 3.82. The van der Waals surface area contributed by atoms with Crippen LogP contribution < -0.4 is 0 Å². The molecule has 0 N–H and O–H groups in total. The summed E-state index contributed by atoms with van der Waals surface area (Å²) in [4.78, 5) is 0. The molecule has 1 aliphatic carbocycles. The first-order valence-electron chi connectivity index (χ1n) is 5.34. The Labute approximate surface area is 83.9 Å². The molecule has 0 heterocycles. The van der Waals surface area contributed by atoms with Crippen LogP contribution in [0.15, 0.2) is 25.3 Å². The van der Waals surface area contributed by atoms with Gasteiger partial charge in [0.25, 0.3) is 0 Å². The van der Waals surface area contributed by atoms with Crippen molar-refractivity contribution in [3.63, 3.8) is 0 Å². The summed E-state index contributed by atoms with van der Waals surface area (Å²) >= 11 is 0. The lowest BCUT2D eigenvalue weighted by atomic mass is 10.0. The quantitative estimate of drug-likeness (QED) is 0.457. The number of allylic oxidation sites excluding steroid dienone is 2. The van der Waals surface area contributed by atoms with E-state index in [-0.39, 0.29) is 7.92 Å². The molecule has 0 spiro atoms. The molecule has 0 atom stereocenters. The minimum absolute atomic E-state index is 0.185. The lowest BCUT2D eigenvalue weighted by Gasteiger charge is -2.29. The van der Waals surface area contributed by atoms with Gasteiger partial charge in [-0.2, -0.15) is 0 Å². The van der Waals surface area contributed by atoms with Crippen LogP contribution in [0, 0.1) is 0 Å². The van der Waals surface area contributed by atoms with Crippen LogP contribution in [0.25, 0.3) is 0 Å². The van der Waals surface area contributed by atoms with E-state index in [1.54, 1.807) is 0 Å². The zero-order valence-electron chi connectivity index (χ0n) is 8.54. The molecule has 74 valence electrons. The van der Waals surface area contributed by atoms with Gasteiger partial charge in [0.2, 0.25) is 0 Å². The van der Waals surface area contributed by atoms with Gasteiger partial charge in [-0.1, -0.05) is 39.3 Å². The van der Waals surface area contributed by atoms with E-state index in [0.717, 1.165) is 5.66 Å². The molecular formula is C12H21P. The van der Waals surface area contributed by atoms with E-state index in [9.17, 15) is 0 Å². The minimum atomic E-state index is 0.185. The van der Waals surface area contributed by atoms with E-state index < -0.39 is 0 Å². The van der Waals surface area contributed by atoms with Gasteiger partial charge in [0.1, 0.15) is 0 Å². The summed E-state index contributed by atoms with van der Waals surface area (Å²) in [5.74, 6) is 0. The molecule has 1 saturated carbocycles. The molecule has 1 fully saturated rings. The van der Waals surface area contributed by atoms with Crippen LogP contribution in [0.3, 0.4) is 0 Å². The first-order chi connectivity index (χ1) is 6.38. The Morgan fingerprint density at radius 1 is 1.00 bits per heavy atom. The van der Waals surface area contributed by atoms with E-state index in [0.29, 0.717) is 0 Å². The van der Waals surface area contributed by atoms with Gasteiger partial charge in [0, 0.05) is 0 Å². The average Bonchev–Trinajstić information content (AvgIpc) is 2.19. The van der Waals surface area contributed by atoms with Crippen molar-refractivity contribution in [2.45, 2.75) is 37.8 Å². The molecule has 1 rings (SSSR count). The van der Waals surface area contributed by atoms with Crippen LogP contribution in [-0.4, -0.2) is 18.0 Å². The molecule has 0 aliphatic heterocycles. The molecule has 0 nitrogen and oxygen atoms in total. The van der Waals surface area contributed by atoms with Crippen LogP contribution in [0.4, 0.5) is 0 Å². The lowest BCUT2D eigenvalue weighted by Crippen LogP contribution is -2.12. The fourth-order valence-corrected chi connectivity index (χ4v) is 4.65. The Balaban J connectivity index is 2.40. The van der Waals surface area contributed by atoms with Crippen LogP contribution in [-0.2, 0) is 0 Å². The van der Waals surface area contributed by atoms with Gasteiger partial charge in [0.15, 0.2) is 0 Å². The fraction of sp³-hybridized carbons (Fsp3) is 0.667. The summed E-state index contributed by atoms with van der Waals surface area (Å²) in [5, 5.41) is 0. The highest BCUT2D eigenvalue weighted by Gasteiger charge is 2.20. The molecule has 0 aromatic heterocycles. The Hall–Kier alpha value is -0.0900. The minimum Gasteiger partial charge on any atom is -0.103 e. The summed E-state index contributed by atoms with van der Waals surface area (Å²) in [6, 6.07) is 0. The number of rotatable bonds is 5. The topological polar surface area (TPSA) is 0 Å². The van der Waals surface area contributed by atoms with Crippen molar-refractivity contribution in [3.8, 4) is 0 Å². The molecule has 0 aromatic rings. The summed E-state index contributed by atoms with van der Waals surface area (Å²) in [6.45, 7) is 7.72. The summed E-state index contributed by atoms with van der Waals surface area (Å²) < 4.78 is 0. The maximum atomic E-state index is 3.86. The monoisotopic (exact) mass is 196 g/mol. The molecule has 13 heavy (non-hydrogen) atoms. The van der Waals surface area contributed by atoms with Crippen molar-refractivity contribution in [1.82, 2.24) is 0 Å². The highest BCUT2D eigenvalue weighted by atomic mass is 31.1. The smallest absolute Gasteiger partial charge is 0.0142 e. The highest BCUT2D eigenvalue weighted by Crippen LogP contribution is 2.47. The fourth-order valence-electron chi connectivity index (χ4n) is 2.15. The number of hydrogen-bond acceptors (Lipinski definition) is 0. The second-order valence-corrected chi connectivity index (χ2v) is 6.46. The maximum absolute atomic E-state index is 3.86. The molecule has 1 heteroatoms. The first-order valence-corrected chi connectivity index (χ1v) is 7.12. The molecule has 0 amide bonds. The van der Waals surface area contributed by atoms with Crippen LogP contribution in [0.5, 0.6) is 0 Å². The normalized spacial score (nSPS) is 18.8. The van der Waals surface area contributed by atoms with E-state index in [4.69, 9.17) is 0 Å². The van der Waals surface area contributed by atoms with Gasteiger partial charge in [0.05, 0.1) is 0 Å². The predicted octanol–water partition coefficient (Wildman–Crippen LogP) is 4.17. The van der Waals surface area contributed by atoms with Crippen LogP contribution >= 0.6 is 7.92 Å². The van der Waals surface area contributed by atoms with Crippen molar-refractivity contribution in [1.29, 1.82) is 0 Å². The zero-order chi connectivity index (χ0) is 9.52. The number of hydrogen-bond donors (Lipinski definition) is 0. The van der Waals surface area contributed by atoms with Crippen molar-refractivity contribution >= 4 is 7.92 Å². The first kappa shape index (κ1) is 11.0. The van der Waals surface area contributed by atoms with Gasteiger partial charge in [-0.25, -0.2) is 0 Å². The van der Waals surface area contributed by atoms with E-state index in [1.165, 1.54) is 44.4 Å². The van der Waals surface area contributed by atoms with Gasteiger partial charge in [-0.3, -0.25) is 0 Å². The third kappa shape index (κ3) is 3.65. The SMILES string of the molecule is C=CCP(CC=C)C1CCCCC1. The lowest BCUT2D eigenvalue weighted by molar-refractivity contribution is 0.511. The van der Waals surface area contributed by atoms with E-state index >= 15 is 0 Å². The predicted molar refractivity (Wildman–Crippen MR) is 63.9 cm³/mol.